The van der Waals surface area contributed by atoms with Gasteiger partial charge < -0.3 is 5.73 Å². The number of thiazole rings is 1. The van der Waals surface area contributed by atoms with E-state index in [1.54, 1.807) is 0 Å². The predicted molar refractivity (Wildman–Crippen MR) is 64.2 cm³/mol. The molecule has 1 heterocycles. The van der Waals surface area contributed by atoms with Crippen LogP contribution in [0.2, 0.25) is 0 Å². The van der Waals surface area contributed by atoms with E-state index in [-0.39, 0.29) is 6.04 Å². The molecule has 0 amide bonds. The molecule has 2 nitrogen and oxygen atoms in total. The minimum atomic E-state index is 0.112. The maximum Gasteiger partial charge on any atom is 0.0969 e. The third-order valence-electron chi connectivity index (χ3n) is 2.88. The molecule has 1 aliphatic carbocycles. The first-order chi connectivity index (χ1) is 7.24. The average Bonchev–Trinajstić information content (AvgIpc) is 2.97. The Balaban J connectivity index is 2.09. The Bertz CT molecular complexity index is 497. The van der Waals surface area contributed by atoms with Crippen molar-refractivity contribution < 1.29 is 0 Å². The van der Waals surface area contributed by atoms with Crippen LogP contribution in [0.25, 0.3) is 10.2 Å². The fourth-order valence-corrected chi connectivity index (χ4v) is 2.93. The lowest BCUT2D eigenvalue weighted by atomic mass is 10.1. The molecular weight excluding hydrogens is 204 g/mol. The van der Waals surface area contributed by atoms with Gasteiger partial charge in [0.25, 0.3) is 0 Å². The molecule has 1 fully saturated rings. The summed E-state index contributed by atoms with van der Waals surface area (Å²) in [5, 5.41) is 1.31. The molecule has 1 aliphatic rings. The van der Waals surface area contributed by atoms with Crippen molar-refractivity contribution >= 4 is 21.6 Å². The molecule has 1 aromatic heterocycles. The van der Waals surface area contributed by atoms with E-state index in [1.807, 2.05) is 18.3 Å². The Morgan fingerprint density at radius 3 is 2.93 bits per heavy atom. The zero-order chi connectivity index (χ0) is 10.4. The van der Waals surface area contributed by atoms with Crippen LogP contribution in [0.15, 0.2) is 18.2 Å². The van der Waals surface area contributed by atoms with Gasteiger partial charge in [0.2, 0.25) is 0 Å². The van der Waals surface area contributed by atoms with Crippen molar-refractivity contribution in [2.75, 3.05) is 0 Å². The number of hydrogen-bond acceptors (Lipinski definition) is 3. The zero-order valence-electron chi connectivity index (χ0n) is 8.73. The number of rotatable bonds is 2. The van der Waals surface area contributed by atoms with Gasteiger partial charge in [0.15, 0.2) is 0 Å². The summed E-state index contributed by atoms with van der Waals surface area (Å²) in [6.45, 7) is 2.02. The zero-order valence-corrected chi connectivity index (χ0v) is 9.55. The molecule has 0 saturated heterocycles. The fraction of sp³-hybridized carbons (Fsp3) is 0.417. The third kappa shape index (κ3) is 1.66. The Labute approximate surface area is 93.1 Å². The van der Waals surface area contributed by atoms with Crippen LogP contribution in [-0.2, 0) is 0 Å². The van der Waals surface area contributed by atoms with Crippen molar-refractivity contribution in [1.29, 1.82) is 0 Å². The van der Waals surface area contributed by atoms with Gasteiger partial charge >= 0.3 is 0 Å². The number of nitrogens with zero attached hydrogens (tertiary/aromatic N) is 1. The number of aromatic nitrogens is 1. The quantitative estimate of drug-likeness (QED) is 0.840. The van der Waals surface area contributed by atoms with Gasteiger partial charge in [-0.05, 0) is 37.5 Å². The maximum atomic E-state index is 5.87. The molecule has 2 aromatic rings. The largest absolute Gasteiger partial charge is 0.324 e. The first-order valence-electron chi connectivity index (χ1n) is 5.40. The molecule has 1 saturated carbocycles. The summed E-state index contributed by atoms with van der Waals surface area (Å²) >= 11 is 1.83. The lowest BCUT2D eigenvalue weighted by Gasteiger charge is -2.03. The molecule has 3 heteroatoms. The van der Waals surface area contributed by atoms with Gasteiger partial charge in [-0.3, -0.25) is 0 Å². The minimum Gasteiger partial charge on any atom is -0.324 e. The molecule has 1 unspecified atom stereocenters. The van der Waals surface area contributed by atoms with Crippen molar-refractivity contribution in [3.8, 4) is 0 Å². The van der Waals surface area contributed by atoms with E-state index in [1.165, 1.54) is 28.1 Å². The molecule has 3 rings (SSSR count). The standard InChI is InChI=1S/C12H14N2S/c1-7(13)9-4-5-10-11(6-9)15-12(14-10)8-2-3-8/h4-8H,2-3,13H2,1H3. The monoisotopic (exact) mass is 218 g/mol. The summed E-state index contributed by atoms with van der Waals surface area (Å²) in [5.74, 6) is 0.751. The lowest BCUT2D eigenvalue weighted by molar-refractivity contribution is 0.820. The molecule has 1 atom stereocenters. The number of nitrogens with two attached hydrogens (primary N) is 1. The van der Waals surface area contributed by atoms with E-state index in [4.69, 9.17) is 5.73 Å². The van der Waals surface area contributed by atoms with Gasteiger partial charge in [0, 0.05) is 12.0 Å². The highest BCUT2D eigenvalue weighted by Crippen LogP contribution is 2.43. The van der Waals surface area contributed by atoms with E-state index >= 15 is 0 Å². The highest BCUT2D eigenvalue weighted by Gasteiger charge is 2.26. The third-order valence-corrected chi connectivity index (χ3v) is 4.06. The summed E-state index contributed by atoms with van der Waals surface area (Å²) in [5.41, 5.74) is 8.20. The van der Waals surface area contributed by atoms with Crippen LogP contribution in [-0.4, -0.2) is 4.98 Å². The molecule has 78 valence electrons. The van der Waals surface area contributed by atoms with Crippen molar-refractivity contribution in [3.63, 3.8) is 0 Å². The average molecular weight is 218 g/mol. The first-order valence-corrected chi connectivity index (χ1v) is 6.21. The summed E-state index contributed by atoms with van der Waals surface area (Å²) < 4.78 is 1.28. The Morgan fingerprint density at radius 1 is 1.47 bits per heavy atom. The predicted octanol–water partition coefficient (Wildman–Crippen LogP) is 3.19. The van der Waals surface area contributed by atoms with Gasteiger partial charge in [0.05, 0.1) is 15.2 Å². The van der Waals surface area contributed by atoms with Gasteiger partial charge in [-0.2, -0.15) is 0 Å². The molecular formula is C12H14N2S. The maximum absolute atomic E-state index is 5.87. The van der Waals surface area contributed by atoms with E-state index in [0.29, 0.717) is 0 Å². The van der Waals surface area contributed by atoms with Crippen LogP contribution >= 0.6 is 11.3 Å². The molecule has 0 bridgehead atoms. The van der Waals surface area contributed by atoms with E-state index < -0.39 is 0 Å². The van der Waals surface area contributed by atoms with Crippen LogP contribution < -0.4 is 5.73 Å². The van der Waals surface area contributed by atoms with Crippen LogP contribution in [0.3, 0.4) is 0 Å². The Morgan fingerprint density at radius 2 is 2.27 bits per heavy atom. The SMILES string of the molecule is CC(N)c1ccc2nc(C3CC3)sc2c1. The minimum absolute atomic E-state index is 0.112. The van der Waals surface area contributed by atoms with Crippen molar-refractivity contribution in [2.24, 2.45) is 5.73 Å². The fourth-order valence-electron chi connectivity index (χ4n) is 1.75. The van der Waals surface area contributed by atoms with Gasteiger partial charge in [0.1, 0.15) is 0 Å². The molecule has 0 spiro atoms. The summed E-state index contributed by atoms with van der Waals surface area (Å²) in [6.07, 6.45) is 2.64. The molecule has 0 radical (unpaired) electrons. The number of benzene rings is 1. The van der Waals surface area contributed by atoms with Gasteiger partial charge in [-0.15, -0.1) is 11.3 Å². The topological polar surface area (TPSA) is 38.9 Å². The van der Waals surface area contributed by atoms with E-state index in [2.05, 4.69) is 23.2 Å². The highest BCUT2D eigenvalue weighted by atomic mass is 32.1. The number of hydrogen-bond donors (Lipinski definition) is 1. The summed E-state index contributed by atoms with van der Waals surface area (Å²) in [7, 11) is 0. The summed E-state index contributed by atoms with van der Waals surface area (Å²) in [4.78, 5) is 4.65. The Kier molecular flexibility index (Phi) is 2.04. The van der Waals surface area contributed by atoms with Crippen LogP contribution in [0.1, 0.15) is 42.3 Å². The molecule has 0 aliphatic heterocycles. The van der Waals surface area contributed by atoms with E-state index in [9.17, 15) is 0 Å². The second-order valence-electron chi connectivity index (χ2n) is 4.34. The van der Waals surface area contributed by atoms with Crippen LogP contribution in [0, 0.1) is 0 Å². The van der Waals surface area contributed by atoms with Gasteiger partial charge in [-0.1, -0.05) is 6.07 Å². The first kappa shape index (κ1) is 9.31. The lowest BCUT2D eigenvalue weighted by Crippen LogP contribution is -2.03. The van der Waals surface area contributed by atoms with Gasteiger partial charge in [-0.25, -0.2) is 4.98 Å². The smallest absolute Gasteiger partial charge is 0.0969 e. The molecule has 15 heavy (non-hydrogen) atoms. The van der Waals surface area contributed by atoms with Crippen molar-refractivity contribution in [2.45, 2.75) is 31.7 Å². The second kappa shape index (κ2) is 3.29. The normalized spacial score (nSPS) is 18.3. The highest BCUT2D eigenvalue weighted by molar-refractivity contribution is 7.18. The Hall–Kier alpha value is -0.930. The van der Waals surface area contributed by atoms with Crippen LogP contribution in [0.4, 0.5) is 0 Å². The molecule has 2 N–H and O–H groups in total. The van der Waals surface area contributed by atoms with E-state index in [0.717, 1.165) is 11.4 Å². The molecule has 1 aromatic carbocycles. The second-order valence-corrected chi connectivity index (χ2v) is 5.40. The van der Waals surface area contributed by atoms with Crippen LogP contribution in [0.5, 0.6) is 0 Å². The number of fused-ring (bicyclic) bond motifs is 1. The van der Waals surface area contributed by atoms with Crippen molar-refractivity contribution in [1.82, 2.24) is 4.98 Å². The van der Waals surface area contributed by atoms with Crippen molar-refractivity contribution in [3.05, 3.63) is 28.8 Å². The summed E-state index contributed by atoms with van der Waals surface area (Å²) in [6, 6.07) is 6.48.